The van der Waals surface area contributed by atoms with Crippen LogP contribution in [0.5, 0.6) is 17.2 Å². The minimum Gasteiger partial charge on any atom is -0.489 e. The lowest BCUT2D eigenvalue weighted by Crippen LogP contribution is -2.06. The number of hydrogen-bond donors (Lipinski definition) is 0. The van der Waals surface area contributed by atoms with Crippen molar-refractivity contribution in [2.75, 3.05) is 13.2 Å². The molecule has 172 valence electrons. The van der Waals surface area contributed by atoms with Crippen LogP contribution in [0.2, 0.25) is 0 Å². The van der Waals surface area contributed by atoms with Crippen LogP contribution in [0.4, 0.5) is 0 Å². The van der Waals surface area contributed by atoms with E-state index < -0.39 is 5.97 Å². The lowest BCUT2D eigenvalue weighted by Gasteiger charge is -2.08. The Morgan fingerprint density at radius 1 is 0.971 bits per heavy atom. The van der Waals surface area contributed by atoms with Crippen molar-refractivity contribution in [3.05, 3.63) is 106 Å². The van der Waals surface area contributed by atoms with E-state index in [0.29, 0.717) is 41.2 Å². The van der Waals surface area contributed by atoms with E-state index in [1.54, 1.807) is 42.5 Å². The van der Waals surface area contributed by atoms with Crippen molar-refractivity contribution in [3.8, 4) is 17.2 Å². The van der Waals surface area contributed by atoms with E-state index in [0.717, 1.165) is 12.0 Å². The third kappa shape index (κ3) is 5.72. The molecule has 0 amide bonds. The van der Waals surface area contributed by atoms with Gasteiger partial charge in [0.15, 0.2) is 0 Å². The third-order valence-electron chi connectivity index (χ3n) is 4.93. The van der Waals surface area contributed by atoms with Crippen LogP contribution in [0, 0.1) is 0 Å². The molecule has 0 spiro atoms. The maximum atomic E-state index is 12.8. The first-order valence-electron chi connectivity index (χ1n) is 11.0. The van der Waals surface area contributed by atoms with Crippen LogP contribution in [-0.2, 0) is 4.74 Å². The number of hydrogen-bond acceptors (Lipinski definition) is 6. The maximum Gasteiger partial charge on any atom is 0.338 e. The summed E-state index contributed by atoms with van der Waals surface area (Å²) in [6.07, 6.45) is 5.92. The first-order valence-corrected chi connectivity index (χ1v) is 11.0. The molecular weight excluding hydrogens is 432 g/mol. The molecule has 0 N–H and O–H groups in total. The van der Waals surface area contributed by atoms with Crippen LogP contribution < -0.4 is 14.9 Å². The molecule has 0 unspecified atom stereocenters. The van der Waals surface area contributed by atoms with Crippen molar-refractivity contribution < 1.29 is 23.4 Å². The van der Waals surface area contributed by atoms with E-state index in [-0.39, 0.29) is 11.2 Å². The van der Waals surface area contributed by atoms with Crippen LogP contribution in [0.15, 0.2) is 94.3 Å². The van der Waals surface area contributed by atoms with Crippen LogP contribution in [0.3, 0.4) is 0 Å². The highest BCUT2D eigenvalue weighted by molar-refractivity contribution is 5.89. The van der Waals surface area contributed by atoms with E-state index in [2.05, 4.69) is 0 Å². The van der Waals surface area contributed by atoms with Gasteiger partial charge < -0.3 is 18.6 Å². The van der Waals surface area contributed by atoms with Gasteiger partial charge in [-0.15, -0.1) is 0 Å². The molecule has 0 radical (unpaired) electrons. The lowest BCUT2D eigenvalue weighted by molar-refractivity contribution is 0.0505. The molecule has 6 nitrogen and oxygen atoms in total. The van der Waals surface area contributed by atoms with E-state index in [1.165, 1.54) is 6.26 Å². The average molecular weight is 456 g/mol. The Bertz CT molecular complexity index is 1340. The van der Waals surface area contributed by atoms with Gasteiger partial charge in [0.2, 0.25) is 11.2 Å². The standard InChI is InChI=1S/C28H24O6/c1-2-16-32-28(30)21-10-12-22(13-11-21)34-26-19-33-25-18-23(14-15-24(25)27(26)29)31-17-6-9-20-7-4-3-5-8-20/h3-15,18-19H,2,16-17H2,1H3/b9-6+. The van der Waals surface area contributed by atoms with Crippen LogP contribution in [-0.4, -0.2) is 19.2 Å². The van der Waals surface area contributed by atoms with Gasteiger partial charge in [0, 0.05) is 6.07 Å². The molecule has 0 bridgehead atoms. The Morgan fingerprint density at radius 3 is 2.50 bits per heavy atom. The minimum absolute atomic E-state index is 0.0493. The van der Waals surface area contributed by atoms with Crippen molar-refractivity contribution in [1.29, 1.82) is 0 Å². The summed E-state index contributed by atoms with van der Waals surface area (Å²) in [5.74, 6) is 0.650. The fourth-order valence-electron chi connectivity index (χ4n) is 3.21. The fraction of sp³-hybridized carbons (Fsp3) is 0.143. The number of carbonyl (C=O) groups excluding carboxylic acids is 1. The monoisotopic (exact) mass is 456 g/mol. The number of esters is 1. The molecule has 1 heterocycles. The molecule has 4 aromatic rings. The second-order valence-electron chi connectivity index (χ2n) is 7.47. The highest BCUT2D eigenvalue weighted by Gasteiger charge is 2.12. The molecule has 1 aromatic heterocycles. The summed E-state index contributed by atoms with van der Waals surface area (Å²) >= 11 is 0. The van der Waals surface area contributed by atoms with Gasteiger partial charge in [0.1, 0.15) is 30.0 Å². The van der Waals surface area contributed by atoms with E-state index in [4.69, 9.17) is 18.6 Å². The fourth-order valence-corrected chi connectivity index (χ4v) is 3.21. The zero-order valence-electron chi connectivity index (χ0n) is 18.7. The third-order valence-corrected chi connectivity index (χ3v) is 4.93. The van der Waals surface area contributed by atoms with E-state index in [9.17, 15) is 9.59 Å². The molecule has 4 rings (SSSR count). The molecule has 3 aromatic carbocycles. The van der Waals surface area contributed by atoms with Gasteiger partial charge in [-0.1, -0.05) is 43.3 Å². The SMILES string of the molecule is CCCOC(=O)c1ccc(Oc2coc3cc(OC/C=C/c4ccccc4)ccc3c2=O)cc1. The van der Waals surface area contributed by atoms with Gasteiger partial charge in [-0.3, -0.25) is 4.79 Å². The quantitative estimate of drug-likeness (QED) is 0.277. The number of benzene rings is 3. The van der Waals surface area contributed by atoms with Crippen molar-refractivity contribution in [2.45, 2.75) is 13.3 Å². The summed E-state index contributed by atoms with van der Waals surface area (Å²) in [5, 5.41) is 0.379. The predicted octanol–water partition coefficient (Wildman–Crippen LogP) is 6.24. The number of ether oxygens (including phenoxy) is 3. The summed E-state index contributed by atoms with van der Waals surface area (Å²) in [6.45, 7) is 2.68. The normalized spacial score (nSPS) is 11.0. The highest BCUT2D eigenvalue weighted by atomic mass is 16.5. The molecule has 0 aliphatic heterocycles. The minimum atomic E-state index is -0.396. The largest absolute Gasteiger partial charge is 0.489 e. The van der Waals surface area contributed by atoms with Crippen molar-refractivity contribution in [1.82, 2.24) is 0 Å². The maximum absolute atomic E-state index is 12.8. The first-order chi connectivity index (χ1) is 16.6. The van der Waals surface area contributed by atoms with Gasteiger partial charge in [-0.05, 0) is 54.5 Å². The summed E-state index contributed by atoms with van der Waals surface area (Å²) in [5.41, 5.74) is 1.60. The van der Waals surface area contributed by atoms with Gasteiger partial charge in [0.25, 0.3) is 0 Å². The average Bonchev–Trinajstić information content (AvgIpc) is 2.88. The van der Waals surface area contributed by atoms with Crippen LogP contribution in [0.1, 0.15) is 29.3 Å². The number of fused-ring (bicyclic) bond motifs is 1. The summed E-state index contributed by atoms with van der Waals surface area (Å²) < 4.78 is 22.2. The Labute approximate surface area is 197 Å². The highest BCUT2D eigenvalue weighted by Crippen LogP contribution is 2.24. The summed E-state index contributed by atoms with van der Waals surface area (Å²) in [7, 11) is 0. The van der Waals surface area contributed by atoms with Gasteiger partial charge in [0.05, 0.1) is 17.6 Å². The second kappa shape index (κ2) is 11.0. The smallest absolute Gasteiger partial charge is 0.338 e. The summed E-state index contributed by atoms with van der Waals surface area (Å²) in [4.78, 5) is 24.8. The molecule has 0 fully saturated rings. The molecule has 0 aliphatic rings. The molecule has 6 heteroatoms. The zero-order valence-corrected chi connectivity index (χ0v) is 18.7. The number of carbonyl (C=O) groups is 1. The Hall–Kier alpha value is -4.32. The second-order valence-corrected chi connectivity index (χ2v) is 7.47. The van der Waals surface area contributed by atoms with E-state index in [1.807, 2.05) is 49.4 Å². The van der Waals surface area contributed by atoms with Crippen molar-refractivity contribution in [3.63, 3.8) is 0 Å². The van der Waals surface area contributed by atoms with Crippen molar-refractivity contribution >= 4 is 23.0 Å². The molecule has 34 heavy (non-hydrogen) atoms. The molecule has 0 atom stereocenters. The lowest BCUT2D eigenvalue weighted by atomic mass is 10.2. The zero-order chi connectivity index (χ0) is 23.8. The first kappa shape index (κ1) is 22.9. The molecule has 0 saturated heterocycles. The molecule has 0 saturated carbocycles. The van der Waals surface area contributed by atoms with E-state index >= 15 is 0 Å². The number of rotatable bonds is 9. The Morgan fingerprint density at radius 2 is 1.74 bits per heavy atom. The van der Waals surface area contributed by atoms with Gasteiger partial charge in [-0.2, -0.15) is 0 Å². The van der Waals surface area contributed by atoms with Crippen molar-refractivity contribution in [2.24, 2.45) is 0 Å². The summed E-state index contributed by atoms with van der Waals surface area (Å²) in [6, 6.07) is 21.4. The molecule has 0 aliphatic carbocycles. The topological polar surface area (TPSA) is 75.0 Å². The predicted molar refractivity (Wildman–Crippen MR) is 131 cm³/mol. The Balaban J connectivity index is 1.42. The van der Waals surface area contributed by atoms with Crippen LogP contribution in [0.25, 0.3) is 17.0 Å². The molecular formula is C28H24O6. The van der Waals surface area contributed by atoms with Gasteiger partial charge >= 0.3 is 5.97 Å². The Kier molecular flexibility index (Phi) is 7.40. The van der Waals surface area contributed by atoms with Gasteiger partial charge in [-0.25, -0.2) is 4.79 Å². The van der Waals surface area contributed by atoms with Crippen LogP contribution >= 0.6 is 0 Å².